The molecule has 0 aliphatic carbocycles. The molecule has 0 aliphatic heterocycles. The van der Waals surface area contributed by atoms with Crippen LogP contribution in [0.3, 0.4) is 0 Å². The van der Waals surface area contributed by atoms with E-state index < -0.39 is 0 Å². The molecular weight excluding hydrogens is 238 g/mol. The van der Waals surface area contributed by atoms with Gasteiger partial charge in [-0.2, -0.15) is 0 Å². The Morgan fingerprint density at radius 3 is 1.43 bits per heavy atom. The van der Waals surface area contributed by atoms with Crippen molar-refractivity contribution in [2.45, 2.75) is 71.1 Å². The van der Waals surface area contributed by atoms with Gasteiger partial charge in [-0.3, -0.25) is 0 Å². The molecule has 3 N–H and O–H groups in total. The molecule has 14 heavy (non-hydrogen) atoms. The Morgan fingerprint density at radius 2 is 1.07 bits per heavy atom. The predicted molar refractivity (Wildman–Crippen MR) is 72.5 cm³/mol. The molecule has 0 unspecified atom stereocenters. The maximum absolute atomic E-state index is 3.84. The van der Waals surface area contributed by atoms with Gasteiger partial charge in [-0.1, -0.05) is 78.1 Å². The molecule has 0 fully saturated rings. The van der Waals surface area contributed by atoms with Gasteiger partial charge in [0.2, 0.25) is 0 Å². The number of hydrogen-bond acceptors (Lipinski definition) is 1. The molecule has 2 heteroatoms. The summed E-state index contributed by atoms with van der Waals surface area (Å²) in [5.41, 5.74) is 0. The van der Waals surface area contributed by atoms with E-state index in [1.54, 1.807) is 0 Å². The Morgan fingerprint density at radius 1 is 0.714 bits per heavy atom. The lowest BCUT2D eigenvalue weighted by Gasteiger charge is -1.99. The molecule has 0 bridgehead atoms. The van der Waals surface area contributed by atoms with Gasteiger partial charge in [0.05, 0.1) is 0 Å². The van der Waals surface area contributed by atoms with E-state index in [2.05, 4.69) is 13.8 Å². The zero-order valence-electron chi connectivity index (χ0n) is 9.89. The topological polar surface area (TPSA) is 35.0 Å². The summed E-state index contributed by atoms with van der Waals surface area (Å²) >= 11 is 0. The van der Waals surface area contributed by atoms with Crippen LogP contribution in [0.25, 0.3) is 0 Å². The number of rotatable bonds is 9. The van der Waals surface area contributed by atoms with Crippen LogP contribution in [0, 0.1) is 6.92 Å². The van der Waals surface area contributed by atoms with Crippen LogP contribution < -0.4 is 6.15 Å². The van der Waals surface area contributed by atoms with E-state index in [0.29, 0.717) is 0 Å². The highest BCUT2D eigenvalue weighted by Crippen LogP contribution is 2.09. The average molecular weight is 267 g/mol. The average Bonchev–Trinajstić information content (AvgIpc) is 2.10. The van der Waals surface area contributed by atoms with Crippen LogP contribution in [0.4, 0.5) is 0 Å². The summed E-state index contributed by atoms with van der Waals surface area (Å²) in [6.07, 6.45) is 13.9. The minimum absolute atomic E-state index is 0. The third-order valence-corrected chi connectivity index (χ3v) is 2.35. The summed E-state index contributed by atoms with van der Waals surface area (Å²) in [5.74, 6) is 0. The fourth-order valence-electron chi connectivity index (χ4n) is 1.49. The molecule has 0 heterocycles. The fraction of sp³-hybridized carbons (Fsp3) is 0.917. The van der Waals surface area contributed by atoms with Gasteiger partial charge in [0.1, 0.15) is 0 Å². The smallest absolute Gasteiger partial charge is 0.0533 e. The van der Waals surface area contributed by atoms with Crippen molar-refractivity contribution in [2.24, 2.45) is 0 Å². The summed E-state index contributed by atoms with van der Waals surface area (Å²) in [6, 6.07) is 0. The molecule has 0 spiro atoms. The maximum atomic E-state index is 3.84. The number of unbranched alkanes of at least 4 members (excludes halogenated alkanes) is 9. The van der Waals surface area contributed by atoms with Gasteiger partial charge in [0.15, 0.2) is 0 Å². The SMILES string of the molecule is Br.N.[CH2]CCCCCCCCCCC. The van der Waals surface area contributed by atoms with Crippen LogP contribution in [0.2, 0.25) is 0 Å². The second kappa shape index (κ2) is 19.1. The minimum Gasteiger partial charge on any atom is -0.344 e. The fourth-order valence-corrected chi connectivity index (χ4v) is 1.49. The lowest BCUT2D eigenvalue weighted by molar-refractivity contribution is 0.566. The van der Waals surface area contributed by atoms with Crippen molar-refractivity contribution in [3.05, 3.63) is 6.92 Å². The third-order valence-electron chi connectivity index (χ3n) is 2.35. The van der Waals surface area contributed by atoms with Gasteiger partial charge < -0.3 is 6.15 Å². The Labute approximate surface area is 101 Å². The zero-order valence-corrected chi connectivity index (χ0v) is 11.6. The van der Waals surface area contributed by atoms with Crippen molar-refractivity contribution in [1.29, 1.82) is 0 Å². The molecule has 0 amide bonds. The van der Waals surface area contributed by atoms with Crippen LogP contribution in [-0.2, 0) is 0 Å². The number of halogens is 1. The molecule has 0 atom stereocenters. The van der Waals surface area contributed by atoms with E-state index in [1.165, 1.54) is 57.8 Å². The molecule has 89 valence electrons. The molecule has 1 radical (unpaired) electrons. The normalized spacial score (nSPS) is 9.00. The van der Waals surface area contributed by atoms with Crippen LogP contribution in [0.15, 0.2) is 0 Å². The molecule has 0 aromatic heterocycles. The lowest BCUT2D eigenvalue weighted by Crippen LogP contribution is -1.80. The Hall–Kier alpha value is 0.440. The van der Waals surface area contributed by atoms with Crippen LogP contribution in [0.1, 0.15) is 71.1 Å². The van der Waals surface area contributed by atoms with E-state index in [9.17, 15) is 0 Å². The van der Waals surface area contributed by atoms with Gasteiger partial charge in [-0.05, 0) is 0 Å². The molecule has 0 aromatic rings. The first-order valence-corrected chi connectivity index (χ1v) is 5.71. The summed E-state index contributed by atoms with van der Waals surface area (Å²) in [6.45, 7) is 6.12. The molecule has 1 nitrogen and oxygen atoms in total. The van der Waals surface area contributed by atoms with Crippen LogP contribution in [0.5, 0.6) is 0 Å². The second-order valence-electron chi connectivity index (χ2n) is 3.68. The zero-order chi connectivity index (χ0) is 9.07. The van der Waals surface area contributed by atoms with E-state index in [0.717, 1.165) is 6.42 Å². The summed E-state index contributed by atoms with van der Waals surface area (Å²) in [4.78, 5) is 0. The van der Waals surface area contributed by atoms with Gasteiger partial charge in [0, 0.05) is 0 Å². The van der Waals surface area contributed by atoms with E-state index >= 15 is 0 Å². The monoisotopic (exact) mass is 266 g/mol. The first-order chi connectivity index (χ1) is 5.91. The van der Waals surface area contributed by atoms with Gasteiger partial charge in [-0.15, -0.1) is 17.0 Å². The first-order valence-electron chi connectivity index (χ1n) is 5.71. The van der Waals surface area contributed by atoms with Gasteiger partial charge >= 0.3 is 0 Å². The van der Waals surface area contributed by atoms with Crippen LogP contribution in [-0.4, -0.2) is 0 Å². The Bertz CT molecular complexity index is 66.7. The van der Waals surface area contributed by atoms with E-state index in [1.807, 2.05) is 0 Å². The van der Waals surface area contributed by atoms with Crippen molar-refractivity contribution < 1.29 is 0 Å². The first kappa shape index (κ1) is 19.9. The molecule has 0 aliphatic rings. The van der Waals surface area contributed by atoms with Gasteiger partial charge in [0.25, 0.3) is 0 Å². The molecule has 0 saturated carbocycles. The van der Waals surface area contributed by atoms with Crippen molar-refractivity contribution in [2.75, 3.05) is 0 Å². The molecule has 0 rings (SSSR count). The van der Waals surface area contributed by atoms with Gasteiger partial charge in [-0.25, -0.2) is 0 Å². The minimum atomic E-state index is 0. The number of hydrogen-bond donors (Lipinski definition) is 1. The summed E-state index contributed by atoms with van der Waals surface area (Å²) < 4.78 is 0. The van der Waals surface area contributed by atoms with Crippen molar-refractivity contribution in [1.82, 2.24) is 6.15 Å². The predicted octanol–water partition coefficient (Wildman–Crippen LogP) is 5.48. The van der Waals surface area contributed by atoms with Crippen LogP contribution >= 0.6 is 17.0 Å². The van der Waals surface area contributed by atoms with Crippen molar-refractivity contribution >= 4 is 17.0 Å². The molecular formula is C12H29BrN. The van der Waals surface area contributed by atoms with E-state index in [4.69, 9.17) is 0 Å². The van der Waals surface area contributed by atoms with E-state index in [-0.39, 0.29) is 23.1 Å². The standard InChI is InChI=1S/C12H25.BrH.H3N/c1-3-5-7-9-11-12-10-8-6-4-2;;/h1,3-12H2,2H3;1H;1H3. The highest BCUT2D eigenvalue weighted by atomic mass is 79.9. The lowest BCUT2D eigenvalue weighted by atomic mass is 10.1. The highest BCUT2D eigenvalue weighted by molar-refractivity contribution is 8.93. The maximum Gasteiger partial charge on any atom is -0.0533 e. The Kier molecular flexibility index (Phi) is 27.2. The second-order valence-corrected chi connectivity index (χ2v) is 3.68. The Balaban J connectivity index is -0.000000605. The summed E-state index contributed by atoms with van der Waals surface area (Å²) in [5, 5.41) is 0. The molecule has 0 saturated heterocycles. The van der Waals surface area contributed by atoms with Crippen molar-refractivity contribution in [3.8, 4) is 0 Å². The highest BCUT2D eigenvalue weighted by Gasteiger charge is 1.90. The van der Waals surface area contributed by atoms with Crippen molar-refractivity contribution in [3.63, 3.8) is 0 Å². The third kappa shape index (κ3) is 18.3. The molecule has 0 aromatic carbocycles. The summed E-state index contributed by atoms with van der Waals surface area (Å²) in [7, 11) is 0. The largest absolute Gasteiger partial charge is 0.344 e. The quantitative estimate of drug-likeness (QED) is 0.551.